The molecule has 0 bridgehead atoms. The summed E-state index contributed by atoms with van der Waals surface area (Å²) in [6, 6.07) is 7.04. The Morgan fingerprint density at radius 2 is 1.95 bits per heavy atom. The van der Waals surface area contributed by atoms with Gasteiger partial charge in [-0.3, -0.25) is 9.59 Å². The van der Waals surface area contributed by atoms with E-state index in [1.54, 1.807) is 29.2 Å². The Bertz CT molecular complexity index is 491. The van der Waals surface area contributed by atoms with Crippen molar-refractivity contribution in [3.8, 4) is 5.75 Å². The third-order valence-electron chi connectivity index (χ3n) is 3.35. The number of nitrogens with zero attached hydrogens (tertiary/aromatic N) is 1. The van der Waals surface area contributed by atoms with E-state index in [0.717, 1.165) is 5.75 Å². The van der Waals surface area contributed by atoms with Crippen LogP contribution in [0.25, 0.3) is 0 Å². The summed E-state index contributed by atoms with van der Waals surface area (Å²) < 4.78 is 5.35. The third kappa shape index (κ3) is 2.78. The van der Waals surface area contributed by atoms with Gasteiger partial charge in [0.05, 0.1) is 13.2 Å². The van der Waals surface area contributed by atoms with Gasteiger partial charge in [0, 0.05) is 17.5 Å². The first-order valence-corrected chi connectivity index (χ1v) is 6.50. The zero-order chi connectivity index (χ0) is 14.0. The molecule has 0 aromatic heterocycles. The maximum atomic E-state index is 12.4. The topological polar surface area (TPSA) is 46.6 Å². The van der Waals surface area contributed by atoms with Crippen molar-refractivity contribution in [1.29, 1.82) is 0 Å². The van der Waals surface area contributed by atoms with Gasteiger partial charge in [0.15, 0.2) is 5.78 Å². The first-order valence-electron chi connectivity index (χ1n) is 6.50. The van der Waals surface area contributed by atoms with Gasteiger partial charge < -0.3 is 9.64 Å². The van der Waals surface area contributed by atoms with E-state index in [4.69, 9.17) is 4.74 Å². The molecule has 1 aliphatic heterocycles. The van der Waals surface area contributed by atoms with Gasteiger partial charge in [-0.2, -0.15) is 0 Å². The van der Waals surface area contributed by atoms with Gasteiger partial charge in [-0.1, -0.05) is 0 Å². The molecule has 1 heterocycles. The maximum absolute atomic E-state index is 12.4. The number of carbonyl (C=O) groups is 2. The van der Waals surface area contributed by atoms with Crippen LogP contribution in [0.2, 0.25) is 0 Å². The second-order valence-electron chi connectivity index (χ2n) is 5.38. The minimum atomic E-state index is -0.396. The van der Waals surface area contributed by atoms with E-state index in [2.05, 4.69) is 0 Å². The molecule has 1 aromatic carbocycles. The molecular formula is C15H19NO3. The number of carbonyl (C=O) groups excluding carboxylic acids is 2. The SMILES string of the molecule is CCOc1ccc(C(=O)N2CC(=O)CC2(C)C)cc1. The van der Waals surface area contributed by atoms with Crippen LogP contribution in [0.1, 0.15) is 37.6 Å². The summed E-state index contributed by atoms with van der Waals surface area (Å²) in [4.78, 5) is 25.6. The summed E-state index contributed by atoms with van der Waals surface area (Å²) in [5.41, 5.74) is 0.193. The van der Waals surface area contributed by atoms with Crippen LogP contribution >= 0.6 is 0 Å². The lowest BCUT2D eigenvalue weighted by Gasteiger charge is -2.30. The minimum absolute atomic E-state index is 0.0982. The predicted octanol–water partition coefficient (Wildman–Crippen LogP) is 2.28. The number of likely N-dealkylation sites (tertiary alicyclic amines) is 1. The highest BCUT2D eigenvalue weighted by atomic mass is 16.5. The van der Waals surface area contributed by atoms with E-state index in [1.807, 2.05) is 20.8 Å². The van der Waals surface area contributed by atoms with Gasteiger partial charge in [-0.05, 0) is 45.0 Å². The number of rotatable bonds is 3. The van der Waals surface area contributed by atoms with Crippen LogP contribution in [0.15, 0.2) is 24.3 Å². The summed E-state index contributed by atoms with van der Waals surface area (Å²) in [5, 5.41) is 0. The quantitative estimate of drug-likeness (QED) is 0.838. The minimum Gasteiger partial charge on any atom is -0.494 e. The van der Waals surface area contributed by atoms with Gasteiger partial charge in [-0.15, -0.1) is 0 Å². The van der Waals surface area contributed by atoms with Crippen LogP contribution in [0.5, 0.6) is 5.75 Å². The molecule has 1 aliphatic rings. The molecule has 0 saturated carbocycles. The van der Waals surface area contributed by atoms with Crippen molar-refractivity contribution >= 4 is 11.7 Å². The van der Waals surface area contributed by atoms with Crippen LogP contribution in [-0.2, 0) is 4.79 Å². The number of hydrogen-bond donors (Lipinski definition) is 0. The summed E-state index contributed by atoms with van der Waals surface area (Å²) in [6.45, 7) is 6.56. The first-order chi connectivity index (χ1) is 8.94. The molecular weight excluding hydrogens is 242 g/mol. The fourth-order valence-corrected chi connectivity index (χ4v) is 2.39. The molecule has 102 valence electrons. The van der Waals surface area contributed by atoms with E-state index in [-0.39, 0.29) is 18.2 Å². The molecule has 4 heteroatoms. The normalized spacial score (nSPS) is 17.6. The number of amides is 1. The lowest BCUT2D eigenvalue weighted by atomic mass is 10.0. The molecule has 1 saturated heterocycles. The lowest BCUT2D eigenvalue weighted by molar-refractivity contribution is -0.116. The molecule has 0 unspecified atom stereocenters. The smallest absolute Gasteiger partial charge is 0.254 e. The molecule has 1 fully saturated rings. The highest BCUT2D eigenvalue weighted by Crippen LogP contribution is 2.28. The molecule has 0 radical (unpaired) electrons. The molecule has 0 N–H and O–H groups in total. The highest BCUT2D eigenvalue weighted by molar-refractivity contribution is 5.99. The molecule has 2 rings (SSSR count). The van der Waals surface area contributed by atoms with Crippen molar-refractivity contribution in [1.82, 2.24) is 4.90 Å². The summed E-state index contributed by atoms with van der Waals surface area (Å²) in [7, 11) is 0. The fraction of sp³-hybridized carbons (Fsp3) is 0.467. The van der Waals surface area contributed by atoms with Crippen LogP contribution in [0, 0.1) is 0 Å². The van der Waals surface area contributed by atoms with E-state index in [9.17, 15) is 9.59 Å². The second kappa shape index (κ2) is 5.03. The van der Waals surface area contributed by atoms with Crippen LogP contribution in [0.4, 0.5) is 0 Å². The summed E-state index contributed by atoms with van der Waals surface area (Å²) in [6.07, 6.45) is 0.426. The Hall–Kier alpha value is -1.84. The lowest BCUT2D eigenvalue weighted by Crippen LogP contribution is -2.42. The van der Waals surface area contributed by atoms with Crippen molar-refractivity contribution in [2.45, 2.75) is 32.7 Å². The fourth-order valence-electron chi connectivity index (χ4n) is 2.39. The molecule has 4 nitrogen and oxygen atoms in total. The average molecular weight is 261 g/mol. The first kappa shape index (κ1) is 13.6. The third-order valence-corrected chi connectivity index (χ3v) is 3.35. The Morgan fingerprint density at radius 1 is 1.32 bits per heavy atom. The highest BCUT2D eigenvalue weighted by Gasteiger charge is 2.40. The van der Waals surface area contributed by atoms with E-state index in [0.29, 0.717) is 18.6 Å². The van der Waals surface area contributed by atoms with E-state index < -0.39 is 5.54 Å². The zero-order valence-corrected chi connectivity index (χ0v) is 11.6. The predicted molar refractivity (Wildman–Crippen MR) is 72.4 cm³/mol. The van der Waals surface area contributed by atoms with Gasteiger partial charge in [0.1, 0.15) is 5.75 Å². The number of hydrogen-bond acceptors (Lipinski definition) is 3. The Labute approximate surface area is 113 Å². The Morgan fingerprint density at radius 3 is 2.42 bits per heavy atom. The molecule has 0 aliphatic carbocycles. The van der Waals surface area contributed by atoms with Crippen LogP contribution in [-0.4, -0.2) is 35.3 Å². The zero-order valence-electron chi connectivity index (χ0n) is 11.6. The summed E-state index contributed by atoms with van der Waals surface area (Å²) >= 11 is 0. The van der Waals surface area contributed by atoms with Gasteiger partial charge in [0.2, 0.25) is 0 Å². The molecule has 1 aromatic rings. The second-order valence-corrected chi connectivity index (χ2v) is 5.38. The van der Waals surface area contributed by atoms with Crippen LogP contribution < -0.4 is 4.74 Å². The number of ketones is 1. The molecule has 1 amide bonds. The monoisotopic (exact) mass is 261 g/mol. The summed E-state index contributed by atoms with van der Waals surface area (Å²) in [5.74, 6) is 0.763. The number of Topliss-reactive ketones (excluding diaryl/α,β-unsaturated/α-hetero) is 1. The van der Waals surface area contributed by atoms with E-state index in [1.165, 1.54) is 0 Å². The van der Waals surface area contributed by atoms with Gasteiger partial charge >= 0.3 is 0 Å². The van der Waals surface area contributed by atoms with Gasteiger partial charge in [0.25, 0.3) is 5.91 Å². The van der Waals surface area contributed by atoms with E-state index >= 15 is 0 Å². The number of benzene rings is 1. The molecule has 0 spiro atoms. The van der Waals surface area contributed by atoms with Crippen molar-refractivity contribution in [2.24, 2.45) is 0 Å². The molecule has 0 atom stereocenters. The van der Waals surface area contributed by atoms with Gasteiger partial charge in [-0.25, -0.2) is 0 Å². The Balaban J connectivity index is 2.17. The number of ether oxygens (including phenoxy) is 1. The standard InChI is InChI=1S/C15H19NO3/c1-4-19-13-7-5-11(6-8-13)14(18)16-10-12(17)9-15(16,2)3/h5-8H,4,9-10H2,1-3H3. The Kier molecular flexibility index (Phi) is 3.60. The largest absolute Gasteiger partial charge is 0.494 e. The average Bonchev–Trinajstić information content (AvgIpc) is 2.63. The van der Waals surface area contributed by atoms with Crippen molar-refractivity contribution < 1.29 is 14.3 Å². The van der Waals surface area contributed by atoms with Crippen molar-refractivity contribution in [3.63, 3.8) is 0 Å². The van der Waals surface area contributed by atoms with Crippen molar-refractivity contribution in [3.05, 3.63) is 29.8 Å². The van der Waals surface area contributed by atoms with Crippen LogP contribution in [0.3, 0.4) is 0 Å². The maximum Gasteiger partial charge on any atom is 0.254 e. The molecule has 19 heavy (non-hydrogen) atoms. The van der Waals surface area contributed by atoms with Crippen molar-refractivity contribution in [2.75, 3.05) is 13.2 Å².